The molecule has 1 aliphatic rings. The summed E-state index contributed by atoms with van der Waals surface area (Å²) < 4.78 is 9.74. The molecule has 1 fully saturated rings. The lowest BCUT2D eigenvalue weighted by atomic mass is 9.64. The van der Waals surface area contributed by atoms with Crippen molar-refractivity contribution in [2.24, 2.45) is 0 Å². The second-order valence-electron chi connectivity index (χ2n) is 5.33. The highest BCUT2D eigenvalue weighted by Crippen LogP contribution is 2.47. The van der Waals surface area contributed by atoms with E-state index in [4.69, 9.17) is 4.74 Å². The standard InChI is InChI=1S/C15H19N3OS/c1-11-17-14(20-18-11)16-10-15(8-5-9-15)12-6-3-4-7-13(12)19-2/h3-4,6-7H,5,8-10H2,1-2H3,(H,16,17,18). The van der Waals surface area contributed by atoms with Gasteiger partial charge in [-0.15, -0.1) is 0 Å². The zero-order valence-corrected chi connectivity index (χ0v) is 12.7. The minimum Gasteiger partial charge on any atom is -0.496 e. The SMILES string of the molecule is COc1ccccc1C1(CNc2nc(C)ns2)CCC1. The van der Waals surface area contributed by atoms with Gasteiger partial charge in [0.1, 0.15) is 11.6 Å². The second-order valence-corrected chi connectivity index (χ2v) is 6.09. The predicted molar refractivity (Wildman–Crippen MR) is 81.7 cm³/mol. The van der Waals surface area contributed by atoms with Gasteiger partial charge < -0.3 is 10.1 Å². The zero-order valence-electron chi connectivity index (χ0n) is 11.8. The number of aromatic nitrogens is 2. The molecule has 1 aromatic carbocycles. The molecule has 0 unspecified atom stereocenters. The second kappa shape index (κ2) is 5.40. The Balaban J connectivity index is 1.80. The van der Waals surface area contributed by atoms with Crippen LogP contribution in [0.5, 0.6) is 5.75 Å². The summed E-state index contributed by atoms with van der Waals surface area (Å²) in [5, 5.41) is 4.35. The Bertz CT molecular complexity index is 592. The highest BCUT2D eigenvalue weighted by Gasteiger charge is 2.40. The molecule has 1 saturated carbocycles. The van der Waals surface area contributed by atoms with Crippen molar-refractivity contribution in [3.05, 3.63) is 35.7 Å². The fraction of sp³-hybridized carbons (Fsp3) is 0.467. The van der Waals surface area contributed by atoms with Gasteiger partial charge in [-0.3, -0.25) is 0 Å². The van der Waals surface area contributed by atoms with Gasteiger partial charge in [-0.2, -0.15) is 4.37 Å². The molecule has 5 heteroatoms. The third kappa shape index (κ3) is 2.38. The number of benzene rings is 1. The van der Waals surface area contributed by atoms with Crippen LogP contribution in [0.2, 0.25) is 0 Å². The first-order valence-corrected chi connectivity index (χ1v) is 7.68. The molecule has 0 aliphatic heterocycles. The summed E-state index contributed by atoms with van der Waals surface area (Å²) in [6.45, 7) is 2.81. The van der Waals surface area contributed by atoms with Crippen LogP contribution in [0.3, 0.4) is 0 Å². The number of aryl methyl sites for hydroxylation is 1. The van der Waals surface area contributed by atoms with Crippen molar-refractivity contribution in [3.63, 3.8) is 0 Å². The van der Waals surface area contributed by atoms with Crippen molar-refractivity contribution >= 4 is 16.7 Å². The van der Waals surface area contributed by atoms with E-state index in [9.17, 15) is 0 Å². The third-order valence-electron chi connectivity index (χ3n) is 4.09. The van der Waals surface area contributed by atoms with Gasteiger partial charge in [-0.1, -0.05) is 24.6 Å². The molecule has 0 radical (unpaired) electrons. The lowest BCUT2D eigenvalue weighted by molar-refractivity contribution is 0.250. The van der Waals surface area contributed by atoms with Crippen molar-refractivity contribution < 1.29 is 4.74 Å². The number of para-hydroxylation sites is 1. The maximum Gasteiger partial charge on any atom is 0.202 e. The van der Waals surface area contributed by atoms with Gasteiger partial charge in [0.05, 0.1) is 7.11 Å². The number of hydrogen-bond acceptors (Lipinski definition) is 5. The quantitative estimate of drug-likeness (QED) is 0.916. The van der Waals surface area contributed by atoms with Gasteiger partial charge in [0, 0.05) is 29.1 Å². The fourth-order valence-electron chi connectivity index (χ4n) is 2.84. The molecule has 0 saturated heterocycles. The molecule has 106 valence electrons. The van der Waals surface area contributed by atoms with E-state index in [1.54, 1.807) is 7.11 Å². The summed E-state index contributed by atoms with van der Waals surface area (Å²) in [4.78, 5) is 4.37. The fourth-order valence-corrected chi connectivity index (χ4v) is 3.41. The van der Waals surface area contributed by atoms with Crippen LogP contribution in [0.4, 0.5) is 5.13 Å². The van der Waals surface area contributed by atoms with E-state index in [2.05, 4.69) is 26.8 Å². The molecule has 1 aliphatic carbocycles. The molecule has 0 atom stereocenters. The van der Waals surface area contributed by atoms with Gasteiger partial charge in [-0.25, -0.2) is 4.98 Å². The minimum atomic E-state index is 0.173. The molecular weight excluding hydrogens is 270 g/mol. The van der Waals surface area contributed by atoms with Crippen molar-refractivity contribution in [3.8, 4) is 5.75 Å². The monoisotopic (exact) mass is 289 g/mol. The van der Waals surface area contributed by atoms with Crippen LogP contribution >= 0.6 is 11.5 Å². The molecule has 4 nitrogen and oxygen atoms in total. The molecular formula is C15H19N3OS. The smallest absolute Gasteiger partial charge is 0.202 e. The topological polar surface area (TPSA) is 47.0 Å². The zero-order chi connectivity index (χ0) is 14.0. The molecule has 0 amide bonds. The van der Waals surface area contributed by atoms with Crippen molar-refractivity contribution in [2.75, 3.05) is 19.0 Å². The van der Waals surface area contributed by atoms with Crippen LogP contribution in [0.1, 0.15) is 30.7 Å². The van der Waals surface area contributed by atoms with E-state index in [0.717, 1.165) is 23.3 Å². The van der Waals surface area contributed by atoms with Crippen molar-refractivity contribution in [1.82, 2.24) is 9.36 Å². The normalized spacial score (nSPS) is 16.5. The van der Waals surface area contributed by atoms with E-state index < -0.39 is 0 Å². The van der Waals surface area contributed by atoms with Gasteiger partial charge in [-0.05, 0) is 25.8 Å². The summed E-state index contributed by atoms with van der Waals surface area (Å²) in [6, 6.07) is 8.35. The summed E-state index contributed by atoms with van der Waals surface area (Å²) in [6.07, 6.45) is 3.66. The van der Waals surface area contributed by atoms with Gasteiger partial charge >= 0.3 is 0 Å². The molecule has 1 N–H and O–H groups in total. The van der Waals surface area contributed by atoms with Crippen molar-refractivity contribution in [2.45, 2.75) is 31.6 Å². The number of rotatable bonds is 5. The average molecular weight is 289 g/mol. The maximum atomic E-state index is 5.53. The summed E-state index contributed by atoms with van der Waals surface area (Å²) >= 11 is 1.43. The molecule has 3 rings (SSSR count). The first-order valence-electron chi connectivity index (χ1n) is 6.91. The summed E-state index contributed by atoms with van der Waals surface area (Å²) in [5.41, 5.74) is 1.48. The van der Waals surface area contributed by atoms with Crippen LogP contribution in [0.25, 0.3) is 0 Å². The van der Waals surface area contributed by atoms with E-state index >= 15 is 0 Å². The Morgan fingerprint density at radius 2 is 2.15 bits per heavy atom. The summed E-state index contributed by atoms with van der Waals surface area (Å²) in [5.74, 6) is 1.82. The maximum absolute atomic E-state index is 5.53. The molecule has 2 aromatic rings. The number of nitrogens with one attached hydrogen (secondary N) is 1. The molecule has 0 spiro atoms. The number of methoxy groups -OCH3 is 1. The molecule has 0 bridgehead atoms. The number of nitrogens with zero attached hydrogens (tertiary/aromatic N) is 2. The molecule has 1 aromatic heterocycles. The van der Waals surface area contributed by atoms with E-state index in [0.29, 0.717) is 0 Å². The van der Waals surface area contributed by atoms with Crippen LogP contribution < -0.4 is 10.1 Å². The largest absolute Gasteiger partial charge is 0.496 e. The van der Waals surface area contributed by atoms with Gasteiger partial charge in [0.2, 0.25) is 5.13 Å². The Hall–Kier alpha value is -1.62. The summed E-state index contributed by atoms with van der Waals surface area (Å²) in [7, 11) is 1.74. The number of anilines is 1. The van der Waals surface area contributed by atoms with Gasteiger partial charge in [0.15, 0.2) is 0 Å². The van der Waals surface area contributed by atoms with E-state index in [1.165, 1.54) is 36.4 Å². The molecule has 1 heterocycles. The van der Waals surface area contributed by atoms with Crippen LogP contribution in [0.15, 0.2) is 24.3 Å². The lowest BCUT2D eigenvalue weighted by Crippen LogP contribution is -2.41. The lowest BCUT2D eigenvalue weighted by Gasteiger charge is -2.43. The number of hydrogen-bond donors (Lipinski definition) is 1. The Morgan fingerprint density at radius 3 is 2.75 bits per heavy atom. The Kier molecular flexibility index (Phi) is 3.61. The minimum absolute atomic E-state index is 0.173. The highest BCUT2D eigenvalue weighted by atomic mass is 32.1. The van der Waals surface area contributed by atoms with Gasteiger partial charge in [0.25, 0.3) is 0 Å². The highest BCUT2D eigenvalue weighted by molar-refractivity contribution is 7.09. The van der Waals surface area contributed by atoms with Crippen LogP contribution in [-0.2, 0) is 5.41 Å². The first-order chi connectivity index (χ1) is 9.73. The van der Waals surface area contributed by atoms with E-state index in [-0.39, 0.29) is 5.41 Å². The molecule has 20 heavy (non-hydrogen) atoms. The predicted octanol–water partition coefficient (Wildman–Crippen LogP) is 3.39. The first kappa shape index (κ1) is 13.4. The Labute approximate surface area is 123 Å². The van der Waals surface area contributed by atoms with E-state index in [1.807, 2.05) is 19.1 Å². The number of ether oxygens (including phenoxy) is 1. The average Bonchev–Trinajstić information content (AvgIpc) is 2.84. The van der Waals surface area contributed by atoms with Crippen LogP contribution in [-0.4, -0.2) is 23.0 Å². The third-order valence-corrected chi connectivity index (χ3v) is 4.86. The van der Waals surface area contributed by atoms with Crippen LogP contribution in [0, 0.1) is 6.92 Å². The Morgan fingerprint density at radius 1 is 1.35 bits per heavy atom. The van der Waals surface area contributed by atoms with Crippen molar-refractivity contribution in [1.29, 1.82) is 0 Å².